The van der Waals surface area contributed by atoms with Crippen molar-refractivity contribution in [2.75, 3.05) is 13.1 Å². The molecule has 1 atom stereocenters. The lowest BCUT2D eigenvalue weighted by atomic mass is 9.95. The van der Waals surface area contributed by atoms with Crippen LogP contribution >= 0.6 is 0 Å². The highest BCUT2D eigenvalue weighted by Crippen LogP contribution is 2.18. The molecular weight excluding hydrogens is 154 g/mol. The number of rotatable bonds is 3. The van der Waals surface area contributed by atoms with Crippen molar-refractivity contribution in [1.29, 1.82) is 0 Å². The van der Waals surface area contributed by atoms with E-state index >= 15 is 0 Å². The highest BCUT2D eigenvalue weighted by Gasteiger charge is 2.12. The quantitative estimate of drug-likeness (QED) is 0.671. The van der Waals surface area contributed by atoms with E-state index in [9.17, 15) is 4.79 Å². The lowest BCUT2D eigenvalue weighted by molar-refractivity contribution is -0.137. The Bertz CT molecular complexity index is 139. The number of nitrogens with one attached hydrogen (secondary N) is 1. The maximum absolute atomic E-state index is 10.3. The van der Waals surface area contributed by atoms with Gasteiger partial charge < -0.3 is 10.4 Å². The van der Waals surface area contributed by atoms with Crippen LogP contribution in [0, 0.1) is 5.92 Å². The zero-order valence-corrected chi connectivity index (χ0v) is 7.38. The van der Waals surface area contributed by atoms with Crippen molar-refractivity contribution in [3.63, 3.8) is 0 Å². The van der Waals surface area contributed by atoms with E-state index in [0.29, 0.717) is 12.3 Å². The molecule has 0 spiro atoms. The van der Waals surface area contributed by atoms with Gasteiger partial charge in [0.15, 0.2) is 0 Å². The van der Waals surface area contributed by atoms with Crippen molar-refractivity contribution in [3.8, 4) is 0 Å². The predicted molar refractivity (Wildman–Crippen MR) is 47.1 cm³/mol. The first-order valence-corrected chi connectivity index (χ1v) is 4.71. The minimum Gasteiger partial charge on any atom is -0.481 e. The number of carboxylic acids is 1. The normalized spacial score (nSPS) is 24.8. The molecule has 2 N–H and O–H groups in total. The zero-order chi connectivity index (χ0) is 8.81. The lowest BCUT2D eigenvalue weighted by Crippen LogP contribution is -2.14. The van der Waals surface area contributed by atoms with Crippen LogP contribution < -0.4 is 5.32 Å². The molecule has 0 aromatic rings. The van der Waals surface area contributed by atoms with Crippen LogP contribution in [0.4, 0.5) is 0 Å². The van der Waals surface area contributed by atoms with Crippen LogP contribution in [0.25, 0.3) is 0 Å². The fraction of sp³-hybridized carbons (Fsp3) is 0.889. The van der Waals surface area contributed by atoms with Crippen LogP contribution in [0.1, 0.15) is 32.1 Å². The van der Waals surface area contributed by atoms with Crippen LogP contribution in [0.2, 0.25) is 0 Å². The highest BCUT2D eigenvalue weighted by molar-refractivity contribution is 5.66. The molecule has 0 saturated carbocycles. The smallest absolute Gasteiger partial charge is 0.303 e. The van der Waals surface area contributed by atoms with E-state index in [1.165, 1.54) is 12.8 Å². The summed E-state index contributed by atoms with van der Waals surface area (Å²) in [4.78, 5) is 10.3. The van der Waals surface area contributed by atoms with Crippen molar-refractivity contribution < 1.29 is 9.90 Å². The van der Waals surface area contributed by atoms with Gasteiger partial charge in [0.05, 0.1) is 0 Å². The Morgan fingerprint density at radius 1 is 1.42 bits per heavy atom. The first-order chi connectivity index (χ1) is 5.79. The molecule has 0 aromatic heterocycles. The Labute approximate surface area is 73.2 Å². The monoisotopic (exact) mass is 171 g/mol. The van der Waals surface area contributed by atoms with Gasteiger partial charge in [-0.2, -0.15) is 0 Å². The van der Waals surface area contributed by atoms with Gasteiger partial charge in [-0.1, -0.05) is 0 Å². The van der Waals surface area contributed by atoms with E-state index in [-0.39, 0.29) is 0 Å². The van der Waals surface area contributed by atoms with E-state index in [4.69, 9.17) is 5.11 Å². The zero-order valence-electron chi connectivity index (χ0n) is 7.38. The minimum absolute atomic E-state index is 0.338. The molecular formula is C9H17NO2. The summed E-state index contributed by atoms with van der Waals surface area (Å²) in [6, 6.07) is 0. The average molecular weight is 171 g/mol. The van der Waals surface area contributed by atoms with Gasteiger partial charge in [0.2, 0.25) is 0 Å². The van der Waals surface area contributed by atoms with Crippen LogP contribution in [-0.2, 0) is 4.79 Å². The number of carbonyl (C=O) groups is 1. The number of carboxylic acid groups (broad SMARTS) is 1. The maximum Gasteiger partial charge on any atom is 0.303 e. The van der Waals surface area contributed by atoms with Gasteiger partial charge >= 0.3 is 5.97 Å². The molecule has 0 amide bonds. The summed E-state index contributed by atoms with van der Waals surface area (Å²) in [5.41, 5.74) is 0. The second-order valence-electron chi connectivity index (χ2n) is 3.48. The SMILES string of the molecule is O=C(O)CCC1CCCNCC1. The van der Waals surface area contributed by atoms with Crippen molar-refractivity contribution in [2.24, 2.45) is 5.92 Å². The molecule has 0 aromatic carbocycles. The van der Waals surface area contributed by atoms with Crippen molar-refractivity contribution >= 4 is 5.97 Å². The van der Waals surface area contributed by atoms with Gasteiger partial charge in [0.1, 0.15) is 0 Å². The van der Waals surface area contributed by atoms with Gasteiger partial charge in [0, 0.05) is 6.42 Å². The van der Waals surface area contributed by atoms with Gasteiger partial charge in [-0.3, -0.25) is 4.79 Å². The predicted octanol–water partition coefficient (Wildman–Crippen LogP) is 1.24. The van der Waals surface area contributed by atoms with Gasteiger partial charge in [-0.05, 0) is 44.7 Å². The molecule has 1 heterocycles. The standard InChI is InChI=1S/C9H17NO2/c11-9(12)4-3-8-2-1-6-10-7-5-8/h8,10H,1-7H2,(H,11,12). The van der Waals surface area contributed by atoms with Crippen LogP contribution in [-0.4, -0.2) is 24.2 Å². The first kappa shape index (κ1) is 9.52. The second-order valence-corrected chi connectivity index (χ2v) is 3.48. The summed E-state index contributed by atoms with van der Waals surface area (Å²) in [6.07, 6.45) is 4.74. The molecule has 3 heteroatoms. The third-order valence-electron chi connectivity index (χ3n) is 2.46. The molecule has 0 bridgehead atoms. The summed E-state index contributed by atoms with van der Waals surface area (Å²) >= 11 is 0. The van der Waals surface area contributed by atoms with Crippen LogP contribution in [0.5, 0.6) is 0 Å². The number of hydrogen-bond acceptors (Lipinski definition) is 2. The Morgan fingerprint density at radius 3 is 3.00 bits per heavy atom. The molecule has 0 aliphatic carbocycles. The lowest BCUT2D eigenvalue weighted by Gasteiger charge is -2.10. The van der Waals surface area contributed by atoms with E-state index in [1.807, 2.05) is 0 Å². The third-order valence-corrected chi connectivity index (χ3v) is 2.46. The van der Waals surface area contributed by atoms with Crippen molar-refractivity contribution in [1.82, 2.24) is 5.32 Å². The molecule has 12 heavy (non-hydrogen) atoms. The van der Waals surface area contributed by atoms with E-state index < -0.39 is 5.97 Å². The first-order valence-electron chi connectivity index (χ1n) is 4.71. The van der Waals surface area contributed by atoms with Gasteiger partial charge in [0.25, 0.3) is 0 Å². The third kappa shape index (κ3) is 3.72. The van der Waals surface area contributed by atoms with Crippen LogP contribution in [0.3, 0.4) is 0 Å². The molecule has 1 rings (SSSR count). The fourth-order valence-electron chi connectivity index (χ4n) is 1.71. The topological polar surface area (TPSA) is 49.3 Å². The molecule has 3 nitrogen and oxygen atoms in total. The van der Waals surface area contributed by atoms with Gasteiger partial charge in [-0.15, -0.1) is 0 Å². The summed E-state index contributed by atoms with van der Waals surface area (Å²) < 4.78 is 0. The molecule has 1 saturated heterocycles. The molecule has 1 fully saturated rings. The Morgan fingerprint density at radius 2 is 2.25 bits per heavy atom. The maximum atomic E-state index is 10.3. The fourth-order valence-corrected chi connectivity index (χ4v) is 1.71. The Kier molecular flexibility index (Phi) is 4.08. The molecule has 1 aliphatic rings. The molecule has 1 aliphatic heterocycles. The largest absolute Gasteiger partial charge is 0.481 e. The van der Waals surface area contributed by atoms with Crippen molar-refractivity contribution in [2.45, 2.75) is 32.1 Å². The average Bonchev–Trinajstić information content (AvgIpc) is 2.28. The molecule has 0 radical (unpaired) electrons. The van der Waals surface area contributed by atoms with E-state index in [1.54, 1.807) is 0 Å². The highest BCUT2D eigenvalue weighted by atomic mass is 16.4. The summed E-state index contributed by atoms with van der Waals surface area (Å²) in [7, 11) is 0. The van der Waals surface area contributed by atoms with E-state index in [2.05, 4.69) is 5.32 Å². The van der Waals surface area contributed by atoms with Crippen LogP contribution in [0.15, 0.2) is 0 Å². The number of hydrogen-bond donors (Lipinski definition) is 2. The Hall–Kier alpha value is -0.570. The minimum atomic E-state index is -0.660. The summed E-state index contributed by atoms with van der Waals surface area (Å²) in [5.74, 6) is -0.0247. The second kappa shape index (κ2) is 5.14. The summed E-state index contributed by atoms with van der Waals surface area (Å²) in [5, 5.41) is 11.8. The molecule has 1 unspecified atom stereocenters. The Balaban J connectivity index is 2.16. The van der Waals surface area contributed by atoms with Gasteiger partial charge in [-0.25, -0.2) is 0 Å². The van der Waals surface area contributed by atoms with E-state index in [0.717, 1.165) is 25.9 Å². The number of aliphatic carboxylic acids is 1. The summed E-state index contributed by atoms with van der Waals surface area (Å²) in [6.45, 7) is 2.16. The van der Waals surface area contributed by atoms with Crippen molar-refractivity contribution in [3.05, 3.63) is 0 Å². The molecule has 70 valence electrons.